The topological polar surface area (TPSA) is 35.1 Å². The molecule has 0 saturated carbocycles. The first kappa shape index (κ1) is 18.2. The Morgan fingerprint density at radius 3 is 2.00 bits per heavy atom. The summed E-state index contributed by atoms with van der Waals surface area (Å²) >= 11 is 0. The fourth-order valence-corrected chi connectivity index (χ4v) is 2.23. The second-order valence-corrected chi connectivity index (χ2v) is 4.82. The highest BCUT2D eigenvalue weighted by Crippen LogP contribution is 2.21. The number of aryl methyl sites for hydroxylation is 2. The van der Waals surface area contributed by atoms with Crippen LogP contribution in [0.15, 0.2) is 57.9 Å². The second-order valence-electron chi connectivity index (χ2n) is 4.45. The molecule has 0 aliphatic heterocycles. The van der Waals surface area contributed by atoms with Crippen LogP contribution < -0.4 is 5.43 Å². The number of hydrogen-bond acceptors (Lipinski definition) is 2. The Kier molecular flexibility index (Phi) is 7.62. The molecule has 0 aliphatic rings. The van der Waals surface area contributed by atoms with E-state index in [1.165, 1.54) is 0 Å². The number of furan rings is 1. The van der Waals surface area contributed by atoms with Gasteiger partial charge in [0.15, 0.2) is 5.43 Å². The Bertz CT molecular complexity index is 718. The van der Waals surface area contributed by atoms with Gasteiger partial charge in [0.25, 0.3) is 0 Å². The van der Waals surface area contributed by atoms with Gasteiger partial charge in [0.2, 0.25) is 5.71 Å². The summed E-state index contributed by atoms with van der Waals surface area (Å²) in [4.78, 5) is 11.6. The molecule has 0 radical (unpaired) electrons. The molecule has 0 aliphatic carbocycles. The Morgan fingerprint density at radius 1 is 1.05 bits per heavy atom. The molecule has 0 N–H and O–H groups in total. The van der Waals surface area contributed by atoms with Gasteiger partial charge in [-0.25, -0.2) is 0 Å². The first-order chi connectivity index (χ1) is 10.6. The van der Waals surface area contributed by atoms with Gasteiger partial charge in [0.1, 0.15) is 5.76 Å². The van der Waals surface area contributed by atoms with E-state index in [0.717, 1.165) is 17.6 Å². The zero-order valence-corrected chi connectivity index (χ0v) is 14.8. The summed E-state index contributed by atoms with van der Waals surface area (Å²) in [7, 11) is 2.61. The molecule has 1 atom stereocenters. The minimum absolute atomic E-state index is 0.0315. The zero-order chi connectivity index (χ0) is 16.5. The maximum Gasteiger partial charge on any atom is 0.211 e. The van der Waals surface area contributed by atoms with Crippen LogP contribution in [0.4, 0.5) is 0 Å². The van der Waals surface area contributed by atoms with Crippen molar-refractivity contribution in [1.82, 2.24) is 4.57 Å². The number of fused-ring (bicyclic) bond motifs is 1. The Labute approximate surface area is 134 Å². The molecule has 0 bridgehead atoms. The number of hydrogen-bond donors (Lipinski definition) is 0. The van der Waals surface area contributed by atoms with Crippen molar-refractivity contribution in [2.24, 2.45) is 0 Å². The van der Waals surface area contributed by atoms with E-state index >= 15 is 0 Å². The molecule has 0 spiro atoms. The number of rotatable bonds is 1. The van der Waals surface area contributed by atoms with Gasteiger partial charge in [0, 0.05) is 24.1 Å². The maximum absolute atomic E-state index is 11.6. The molecule has 0 saturated heterocycles. The lowest BCUT2D eigenvalue weighted by Gasteiger charge is -2.01. The summed E-state index contributed by atoms with van der Waals surface area (Å²) in [5.74, 6) is 0.815. The van der Waals surface area contributed by atoms with Crippen LogP contribution in [0.5, 0.6) is 0 Å². The maximum atomic E-state index is 11.6. The van der Waals surface area contributed by atoms with Gasteiger partial charge in [0.05, 0.1) is 5.39 Å². The van der Waals surface area contributed by atoms with Crippen molar-refractivity contribution in [2.45, 2.75) is 34.0 Å². The number of benzene rings is 1. The largest absolute Gasteiger partial charge is 0.444 e. The van der Waals surface area contributed by atoms with Gasteiger partial charge in [-0.15, -0.1) is 9.24 Å². The molecule has 1 unspecified atom stereocenters. The van der Waals surface area contributed by atoms with Gasteiger partial charge >= 0.3 is 0 Å². The molecule has 3 aromatic rings. The lowest BCUT2D eigenvalue weighted by molar-refractivity contribution is 0.546. The van der Waals surface area contributed by atoms with E-state index in [-0.39, 0.29) is 5.43 Å². The number of nitrogens with zero attached hydrogens (tertiary/aromatic N) is 1. The SMILES string of the molecule is CC.Cc1oc2c(c1C)c(=O)ccn2CP.c1ccccc1. The highest BCUT2D eigenvalue weighted by molar-refractivity contribution is 7.15. The van der Waals surface area contributed by atoms with E-state index in [1.807, 2.05) is 68.7 Å². The van der Waals surface area contributed by atoms with Crippen molar-refractivity contribution in [3.63, 3.8) is 0 Å². The molecule has 2 heterocycles. The lowest BCUT2D eigenvalue weighted by Crippen LogP contribution is -2.04. The molecule has 2 aromatic heterocycles. The van der Waals surface area contributed by atoms with Gasteiger partial charge in [-0.05, 0) is 13.8 Å². The van der Waals surface area contributed by atoms with Crippen molar-refractivity contribution < 1.29 is 4.42 Å². The van der Waals surface area contributed by atoms with E-state index in [9.17, 15) is 4.79 Å². The second kappa shape index (κ2) is 9.22. The Morgan fingerprint density at radius 2 is 1.55 bits per heavy atom. The predicted octanol–water partition coefficient (Wildman–Crippen LogP) is 4.76. The molecule has 3 rings (SSSR count). The summed E-state index contributed by atoms with van der Waals surface area (Å²) in [5.41, 5.74) is 1.64. The molecule has 0 amide bonds. The highest BCUT2D eigenvalue weighted by atomic mass is 31.0. The van der Waals surface area contributed by atoms with Gasteiger partial charge in [-0.2, -0.15) is 0 Å². The van der Waals surface area contributed by atoms with Crippen molar-refractivity contribution >= 4 is 20.3 Å². The predicted molar refractivity (Wildman–Crippen MR) is 97.4 cm³/mol. The number of pyridine rings is 1. The van der Waals surface area contributed by atoms with Crippen LogP contribution in [-0.4, -0.2) is 4.57 Å². The minimum Gasteiger partial charge on any atom is -0.444 e. The van der Waals surface area contributed by atoms with Crippen molar-refractivity contribution in [3.8, 4) is 0 Å². The van der Waals surface area contributed by atoms with E-state index in [1.54, 1.807) is 12.3 Å². The molecule has 4 heteroatoms. The van der Waals surface area contributed by atoms with Crippen LogP contribution in [0, 0.1) is 13.8 Å². The summed E-state index contributed by atoms with van der Waals surface area (Å²) < 4.78 is 7.46. The number of aromatic nitrogens is 1. The van der Waals surface area contributed by atoms with E-state index in [2.05, 4.69) is 9.24 Å². The van der Waals surface area contributed by atoms with Crippen LogP contribution in [0.2, 0.25) is 0 Å². The van der Waals surface area contributed by atoms with Gasteiger partial charge in [-0.3, -0.25) is 4.79 Å². The van der Waals surface area contributed by atoms with Crippen LogP contribution in [-0.2, 0) is 6.29 Å². The molecule has 3 nitrogen and oxygen atoms in total. The van der Waals surface area contributed by atoms with Crippen molar-refractivity contribution in [2.75, 3.05) is 0 Å². The van der Waals surface area contributed by atoms with E-state index < -0.39 is 0 Å². The van der Waals surface area contributed by atoms with Crippen LogP contribution in [0.1, 0.15) is 25.2 Å². The molecular weight excluding hydrogens is 293 g/mol. The lowest BCUT2D eigenvalue weighted by atomic mass is 10.2. The van der Waals surface area contributed by atoms with Gasteiger partial charge in [-0.1, -0.05) is 50.2 Å². The third-order valence-electron chi connectivity index (χ3n) is 3.14. The first-order valence-corrected chi connectivity index (χ1v) is 8.26. The first-order valence-electron chi connectivity index (χ1n) is 7.44. The third kappa shape index (κ3) is 4.32. The van der Waals surface area contributed by atoms with E-state index in [4.69, 9.17) is 4.42 Å². The molecule has 1 aromatic carbocycles. The molecular formula is C18H24NO2P. The van der Waals surface area contributed by atoms with Crippen molar-refractivity contribution in [3.05, 3.63) is 70.2 Å². The summed E-state index contributed by atoms with van der Waals surface area (Å²) in [6.07, 6.45) is 2.48. The standard InChI is InChI=1S/C10H12NO2P.C6H6.C2H6/c1-6-7(2)13-10-9(6)8(12)3-4-11(10)5-14;1-2-4-6-5-3-1;1-2/h3-4H,5,14H2,1-2H3;1-6H;1-2H3. The Hall–Kier alpha value is -1.86. The average Bonchev–Trinajstić information content (AvgIpc) is 2.88. The van der Waals surface area contributed by atoms with Crippen LogP contribution in [0.25, 0.3) is 11.1 Å². The van der Waals surface area contributed by atoms with E-state index in [0.29, 0.717) is 11.1 Å². The molecule has 22 heavy (non-hydrogen) atoms. The zero-order valence-electron chi connectivity index (χ0n) is 13.7. The molecule has 118 valence electrons. The highest BCUT2D eigenvalue weighted by Gasteiger charge is 2.11. The minimum atomic E-state index is 0.0315. The summed E-state index contributed by atoms with van der Waals surface area (Å²) in [6.45, 7) is 7.79. The quantitative estimate of drug-likeness (QED) is 0.607. The monoisotopic (exact) mass is 317 g/mol. The summed E-state index contributed by atoms with van der Waals surface area (Å²) in [5, 5.41) is 0.701. The van der Waals surface area contributed by atoms with Crippen LogP contribution >= 0.6 is 9.24 Å². The molecule has 0 fully saturated rings. The normalized spacial score (nSPS) is 9.50. The van der Waals surface area contributed by atoms with Crippen molar-refractivity contribution in [1.29, 1.82) is 0 Å². The average molecular weight is 317 g/mol. The third-order valence-corrected chi connectivity index (χ3v) is 3.54. The summed E-state index contributed by atoms with van der Waals surface area (Å²) in [6, 6.07) is 13.6. The van der Waals surface area contributed by atoms with Gasteiger partial charge < -0.3 is 8.98 Å². The fourth-order valence-electron chi connectivity index (χ4n) is 1.94. The van der Waals surface area contributed by atoms with Crippen LogP contribution in [0.3, 0.4) is 0 Å². The Balaban J connectivity index is 0.000000253. The fraction of sp³-hybridized carbons (Fsp3) is 0.278. The smallest absolute Gasteiger partial charge is 0.211 e.